The fourth-order valence-electron chi connectivity index (χ4n) is 2.61. The summed E-state index contributed by atoms with van der Waals surface area (Å²) in [6, 6.07) is 2.65. The Balaban J connectivity index is 1.72. The summed E-state index contributed by atoms with van der Waals surface area (Å²) in [6.45, 7) is 4.59. The van der Waals surface area contributed by atoms with Crippen LogP contribution in [0.25, 0.3) is 11.0 Å². The molecular formula is C14H20N4O. The van der Waals surface area contributed by atoms with Crippen LogP contribution in [0.2, 0.25) is 0 Å². The average molecular weight is 260 g/mol. The van der Waals surface area contributed by atoms with Crippen molar-refractivity contribution in [2.45, 2.75) is 32.4 Å². The Morgan fingerprint density at radius 1 is 1.53 bits per heavy atom. The van der Waals surface area contributed by atoms with Crippen LogP contribution in [0.5, 0.6) is 0 Å². The van der Waals surface area contributed by atoms with Gasteiger partial charge in [0.2, 0.25) is 0 Å². The van der Waals surface area contributed by atoms with Crippen LogP contribution in [-0.2, 0) is 18.3 Å². The summed E-state index contributed by atoms with van der Waals surface area (Å²) in [6.07, 6.45) is 4.28. The van der Waals surface area contributed by atoms with Gasteiger partial charge in [0.15, 0.2) is 5.65 Å². The third-order valence-electron chi connectivity index (χ3n) is 3.67. The second-order valence-corrected chi connectivity index (χ2v) is 5.22. The highest BCUT2D eigenvalue weighted by atomic mass is 16.5. The molecule has 1 unspecified atom stereocenters. The zero-order valence-electron chi connectivity index (χ0n) is 11.5. The molecule has 2 aromatic heterocycles. The predicted molar refractivity (Wildman–Crippen MR) is 73.9 cm³/mol. The highest BCUT2D eigenvalue weighted by Crippen LogP contribution is 2.16. The van der Waals surface area contributed by atoms with E-state index >= 15 is 0 Å². The van der Waals surface area contributed by atoms with Crippen molar-refractivity contribution in [1.82, 2.24) is 20.1 Å². The van der Waals surface area contributed by atoms with Crippen molar-refractivity contribution in [3.8, 4) is 0 Å². The minimum Gasteiger partial charge on any atom is -0.380 e. The number of rotatable bonds is 3. The van der Waals surface area contributed by atoms with Gasteiger partial charge < -0.3 is 10.1 Å². The fraction of sp³-hybridized carbons (Fsp3) is 0.571. The number of aryl methyl sites for hydroxylation is 2. The quantitative estimate of drug-likeness (QED) is 0.909. The van der Waals surface area contributed by atoms with Gasteiger partial charge in [-0.2, -0.15) is 5.10 Å². The molecule has 102 valence electrons. The Bertz CT molecular complexity index is 572. The Morgan fingerprint density at radius 2 is 2.42 bits per heavy atom. The minimum absolute atomic E-state index is 0.472. The van der Waals surface area contributed by atoms with Crippen LogP contribution in [0.3, 0.4) is 0 Å². The van der Waals surface area contributed by atoms with Crippen molar-refractivity contribution in [2.24, 2.45) is 7.05 Å². The summed E-state index contributed by atoms with van der Waals surface area (Å²) < 4.78 is 7.30. The molecule has 2 aromatic rings. The van der Waals surface area contributed by atoms with Crippen LogP contribution >= 0.6 is 0 Å². The summed E-state index contributed by atoms with van der Waals surface area (Å²) in [5.74, 6) is 0. The largest absolute Gasteiger partial charge is 0.380 e. The van der Waals surface area contributed by atoms with Crippen molar-refractivity contribution >= 4 is 11.0 Å². The molecule has 1 atom stereocenters. The third kappa shape index (κ3) is 2.62. The van der Waals surface area contributed by atoms with Crippen LogP contribution in [0.15, 0.2) is 12.3 Å². The molecule has 5 heteroatoms. The summed E-state index contributed by atoms with van der Waals surface area (Å²) >= 11 is 0. The molecule has 0 amide bonds. The maximum atomic E-state index is 5.47. The molecule has 1 aliphatic rings. The standard InChI is InChI=1S/C14H20N4O/c1-10-13-6-11(8-16-14(13)18(2)17-10)7-15-12-4-3-5-19-9-12/h6,8,12,15H,3-5,7,9H2,1-2H3. The summed E-state index contributed by atoms with van der Waals surface area (Å²) in [7, 11) is 1.93. The topological polar surface area (TPSA) is 52.0 Å². The highest BCUT2D eigenvalue weighted by Gasteiger charge is 2.13. The highest BCUT2D eigenvalue weighted by molar-refractivity contribution is 5.78. The van der Waals surface area contributed by atoms with Crippen molar-refractivity contribution in [3.05, 3.63) is 23.5 Å². The van der Waals surface area contributed by atoms with Crippen LogP contribution < -0.4 is 5.32 Å². The normalized spacial score (nSPS) is 20.0. The number of hydrogen-bond acceptors (Lipinski definition) is 4. The van der Waals surface area contributed by atoms with Crippen LogP contribution in [-0.4, -0.2) is 34.0 Å². The Labute approximate surface area is 113 Å². The molecule has 1 fully saturated rings. The first-order valence-corrected chi connectivity index (χ1v) is 6.83. The van der Waals surface area contributed by atoms with Gasteiger partial charge in [-0.15, -0.1) is 0 Å². The van der Waals surface area contributed by atoms with E-state index in [0.717, 1.165) is 42.9 Å². The lowest BCUT2D eigenvalue weighted by Gasteiger charge is -2.23. The number of ether oxygens (including phenoxy) is 1. The number of hydrogen-bond donors (Lipinski definition) is 1. The van der Waals surface area contributed by atoms with Gasteiger partial charge >= 0.3 is 0 Å². The summed E-state index contributed by atoms with van der Waals surface area (Å²) in [5, 5.41) is 9.07. The Hall–Kier alpha value is -1.46. The van der Waals surface area contributed by atoms with E-state index in [-0.39, 0.29) is 0 Å². The van der Waals surface area contributed by atoms with Crippen molar-refractivity contribution in [2.75, 3.05) is 13.2 Å². The van der Waals surface area contributed by atoms with Gasteiger partial charge in [-0.05, 0) is 31.4 Å². The van der Waals surface area contributed by atoms with Gasteiger partial charge in [-0.3, -0.25) is 4.68 Å². The number of nitrogens with one attached hydrogen (secondary N) is 1. The second-order valence-electron chi connectivity index (χ2n) is 5.22. The molecular weight excluding hydrogens is 240 g/mol. The van der Waals surface area contributed by atoms with E-state index in [1.54, 1.807) is 0 Å². The van der Waals surface area contributed by atoms with E-state index in [4.69, 9.17) is 4.74 Å². The van der Waals surface area contributed by atoms with Crippen molar-refractivity contribution < 1.29 is 4.74 Å². The van der Waals surface area contributed by atoms with Crippen LogP contribution in [0.4, 0.5) is 0 Å². The maximum absolute atomic E-state index is 5.47. The van der Waals surface area contributed by atoms with Crippen molar-refractivity contribution in [3.63, 3.8) is 0 Å². The molecule has 0 aliphatic carbocycles. The molecule has 1 aliphatic heterocycles. The SMILES string of the molecule is Cc1nn(C)c2ncc(CNC3CCCOC3)cc12. The molecule has 0 spiro atoms. The summed E-state index contributed by atoms with van der Waals surface area (Å²) in [5.41, 5.74) is 3.18. The van der Waals surface area contributed by atoms with Gasteiger partial charge in [-0.25, -0.2) is 4.98 Å². The van der Waals surface area contributed by atoms with Gasteiger partial charge in [0.25, 0.3) is 0 Å². The molecule has 0 saturated carbocycles. The lowest BCUT2D eigenvalue weighted by molar-refractivity contribution is 0.0699. The predicted octanol–water partition coefficient (Wildman–Crippen LogP) is 1.55. The minimum atomic E-state index is 0.472. The smallest absolute Gasteiger partial charge is 0.157 e. The lowest BCUT2D eigenvalue weighted by Crippen LogP contribution is -2.36. The Morgan fingerprint density at radius 3 is 3.21 bits per heavy atom. The average Bonchev–Trinajstić information content (AvgIpc) is 2.73. The number of aromatic nitrogens is 3. The van der Waals surface area contributed by atoms with E-state index in [0.29, 0.717) is 6.04 Å². The monoisotopic (exact) mass is 260 g/mol. The third-order valence-corrected chi connectivity index (χ3v) is 3.67. The summed E-state index contributed by atoms with van der Waals surface area (Å²) in [4.78, 5) is 4.49. The van der Waals surface area contributed by atoms with E-state index in [2.05, 4.69) is 21.5 Å². The van der Waals surface area contributed by atoms with Crippen LogP contribution in [0, 0.1) is 6.92 Å². The van der Waals surface area contributed by atoms with E-state index in [1.165, 1.54) is 12.0 Å². The first-order chi connectivity index (χ1) is 9.24. The van der Waals surface area contributed by atoms with Gasteiger partial charge in [0, 0.05) is 37.8 Å². The second kappa shape index (κ2) is 5.27. The van der Waals surface area contributed by atoms with Gasteiger partial charge in [-0.1, -0.05) is 0 Å². The first-order valence-electron chi connectivity index (χ1n) is 6.83. The zero-order chi connectivity index (χ0) is 13.2. The molecule has 19 heavy (non-hydrogen) atoms. The zero-order valence-corrected chi connectivity index (χ0v) is 11.5. The van der Waals surface area contributed by atoms with E-state index in [1.807, 2.05) is 24.9 Å². The first kappa shape index (κ1) is 12.6. The van der Waals surface area contributed by atoms with E-state index < -0.39 is 0 Å². The molecule has 0 bridgehead atoms. The molecule has 3 heterocycles. The molecule has 1 saturated heterocycles. The van der Waals surface area contributed by atoms with E-state index in [9.17, 15) is 0 Å². The van der Waals surface area contributed by atoms with Gasteiger partial charge in [0.05, 0.1) is 12.3 Å². The van der Waals surface area contributed by atoms with Gasteiger partial charge in [0.1, 0.15) is 0 Å². The lowest BCUT2D eigenvalue weighted by atomic mass is 10.1. The number of pyridine rings is 1. The van der Waals surface area contributed by atoms with Crippen molar-refractivity contribution in [1.29, 1.82) is 0 Å². The molecule has 5 nitrogen and oxygen atoms in total. The molecule has 1 N–H and O–H groups in total. The number of nitrogens with zero attached hydrogens (tertiary/aromatic N) is 3. The molecule has 3 rings (SSSR count). The molecule has 0 aromatic carbocycles. The Kier molecular flexibility index (Phi) is 3.48. The van der Waals surface area contributed by atoms with Crippen LogP contribution in [0.1, 0.15) is 24.1 Å². The fourth-order valence-corrected chi connectivity index (χ4v) is 2.61. The number of fused-ring (bicyclic) bond motifs is 1. The molecule has 0 radical (unpaired) electrons. The maximum Gasteiger partial charge on any atom is 0.157 e.